The Morgan fingerprint density at radius 2 is 2.11 bits per heavy atom. The zero-order valence-corrected chi connectivity index (χ0v) is 12.1. The summed E-state index contributed by atoms with van der Waals surface area (Å²) in [7, 11) is 0. The molecule has 0 radical (unpaired) electrons. The summed E-state index contributed by atoms with van der Waals surface area (Å²) in [5, 5.41) is 15.8. The van der Waals surface area contributed by atoms with Gasteiger partial charge in [-0.2, -0.15) is 0 Å². The Bertz CT molecular complexity index is 295. The van der Waals surface area contributed by atoms with Crippen LogP contribution in [0.5, 0.6) is 0 Å². The van der Waals surface area contributed by atoms with Crippen molar-refractivity contribution >= 4 is 5.91 Å². The second-order valence-corrected chi connectivity index (χ2v) is 6.35. The molecule has 2 fully saturated rings. The van der Waals surface area contributed by atoms with E-state index < -0.39 is 5.54 Å². The Kier molecular flexibility index (Phi) is 5.22. The first-order valence-corrected chi connectivity index (χ1v) is 7.82. The van der Waals surface area contributed by atoms with Crippen LogP contribution in [0, 0.1) is 5.92 Å². The molecular formula is C15H28N2O2. The first-order valence-electron chi connectivity index (χ1n) is 7.82. The van der Waals surface area contributed by atoms with Gasteiger partial charge in [-0.1, -0.05) is 19.3 Å². The number of rotatable bonds is 5. The minimum Gasteiger partial charge on any atom is -0.396 e. The van der Waals surface area contributed by atoms with Gasteiger partial charge in [-0.3, -0.25) is 4.79 Å². The van der Waals surface area contributed by atoms with Crippen LogP contribution in [0.15, 0.2) is 0 Å². The fraction of sp³-hybridized carbons (Fsp3) is 0.933. The number of nitrogens with one attached hydrogen (secondary N) is 2. The molecule has 0 aromatic rings. The van der Waals surface area contributed by atoms with Crippen LogP contribution >= 0.6 is 0 Å². The molecule has 1 aliphatic heterocycles. The molecule has 2 rings (SSSR count). The van der Waals surface area contributed by atoms with E-state index in [9.17, 15) is 9.90 Å². The molecule has 4 nitrogen and oxygen atoms in total. The van der Waals surface area contributed by atoms with Gasteiger partial charge < -0.3 is 15.7 Å². The molecule has 0 bridgehead atoms. The number of amides is 1. The maximum absolute atomic E-state index is 12.4. The predicted octanol–water partition coefficient (Wildman–Crippen LogP) is 1.58. The van der Waals surface area contributed by atoms with Crippen LogP contribution in [0.1, 0.15) is 58.3 Å². The van der Waals surface area contributed by atoms with Gasteiger partial charge in [-0.25, -0.2) is 0 Å². The Hall–Kier alpha value is -0.610. The molecule has 2 aliphatic rings. The minimum absolute atomic E-state index is 0.119. The summed E-state index contributed by atoms with van der Waals surface area (Å²) >= 11 is 0. The maximum Gasteiger partial charge on any atom is 0.240 e. The van der Waals surface area contributed by atoms with Gasteiger partial charge in [-0.15, -0.1) is 0 Å². The minimum atomic E-state index is -0.400. The third-order valence-corrected chi connectivity index (χ3v) is 4.85. The monoisotopic (exact) mass is 268 g/mol. The number of carbonyl (C=O) groups is 1. The van der Waals surface area contributed by atoms with Crippen molar-refractivity contribution in [1.82, 2.24) is 10.6 Å². The fourth-order valence-electron chi connectivity index (χ4n) is 3.52. The fourth-order valence-corrected chi connectivity index (χ4v) is 3.52. The zero-order valence-electron chi connectivity index (χ0n) is 12.1. The van der Waals surface area contributed by atoms with E-state index in [1.165, 1.54) is 32.1 Å². The molecule has 19 heavy (non-hydrogen) atoms. The van der Waals surface area contributed by atoms with Crippen molar-refractivity contribution in [2.75, 3.05) is 13.2 Å². The van der Waals surface area contributed by atoms with E-state index in [1.807, 2.05) is 6.92 Å². The molecule has 1 aliphatic carbocycles. The summed E-state index contributed by atoms with van der Waals surface area (Å²) < 4.78 is 0. The Balaban J connectivity index is 1.93. The van der Waals surface area contributed by atoms with Gasteiger partial charge in [0.25, 0.3) is 0 Å². The number of aliphatic hydroxyl groups is 1. The molecule has 0 aromatic carbocycles. The third-order valence-electron chi connectivity index (χ3n) is 4.85. The van der Waals surface area contributed by atoms with Crippen molar-refractivity contribution in [1.29, 1.82) is 0 Å². The molecule has 1 saturated carbocycles. The highest BCUT2D eigenvalue weighted by atomic mass is 16.3. The first kappa shape index (κ1) is 14.8. The van der Waals surface area contributed by atoms with Crippen molar-refractivity contribution in [2.45, 2.75) is 69.9 Å². The van der Waals surface area contributed by atoms with Crippen LogP contribution < -0.4 is 10.6 Å². The molecule has 3 N–H and O–H groups in total. The van der Waals surface area contributed by atoms with Gasteiger partial charge in [0.1, 0.15) is 0 Å². The van der Waals surface area contributed by atoms with Crippen LogP contribution in [-0.4, -0.2) is 35.7 Å². The average Bonchev–Trinajstić information content (AvgIpc) is 2.87. The average molecular weight is 268 g/mol. The Morgan fingerprint density at radius 3 is 2.68 bits per heavy atom. The van der Waals surface area contributed by atoms with Crippen LogP contribution in [0.4, 0.5) is 0 Å². The van der Waals surface area contributed by atoms with Gasteiger partial charge in [0, 0.05) is 12.6 Å². The smallest absolute Gasteiger partial charge is 0.240 e. The maximum atomic E-state index is 12.4. The van der Waals surface area contributed by atoms with Crippen molar-refractivity contribution in [3.05, 3.63) is 0 Å². The molecular weight excluding hydrogens is 240 g/mol. The topological polar surface area (TPSA) is 61.4 Å². The van der Waals surface area contributed by atoms with Crippen LogP contribution in [0.2, 0.25) is 0 Å². The molecule has 1 heterocycles. The molecule has 110 valence electrons. The normalized spacial score (nSPS) is 30.2. The third kappa shape index (κ3) is 3.69. The van der Waals surface area contributed by atoms with Crippen LogP contribution in [0.25, 0.3) is 0 Å². The summed E-state index contributed by atoms with van der Waals surface area (Å²) in [6.45, 7) is 3.08. The highest BCUT2D eigenvalue weighted by Crippen LogP contribution is 2.28. The van der Waals surface area contributed by atoms with Gasteiger partial charge in [0.05, 0.1) is 5.54 Å². The van der Waals surface area contributed by atoms with E-state index in [-0.39, 0.29) is 18.6 Å². The highest BCUT2D eigenvalue weighted by molar-refractivity contribution is 5.86. The van der Waals surface area contributed by atoms with E-state index in [1.54, 1.807) is 0 Å². The van der Waals surface area contributed by atoms with E-state index in [2.05, 4.69) is 10.6 Å². The second kappa shape index (κ2) is 6.71. The van der Waals surface area contributed by atoms with Crippen molar-refractivity contribution in [3.63, 3.8) is 0 Å². The number of carbonyl (C=O) groups excluding carboxylic acids is 1. The number of hydrogen-bond acceptors (Lipinski definition) is 3. The lowest BCUT2D eigenvalue weighted by atomic mass is 9.82. The molecule has 4 heteroatoms. The quantitative estimate of drug-likeness (QED) is 0.709. The summed E-state index contributed by atoms with van der Waals surface area (Å²) in [5.74, 6) is 0.670. The lowest BCUT2D eigenvalue weighted by Crippen LogP contribution is -2.55. The second-order valence-electron chi connectivity index (χ2n) is 6.35. The molecule has 0 spiro atoms. The van der Waals surface area contributed by atoms with Gasteiger partial charge in [0.2, 0.25) is 5.91 Å². The SMILES string of the molecule is CC1(C(=O)NC(CCO)C2CCCCC2)CCCN1. The van der Waals surface area contributed by atoms with Crippen molar-refractivity contribution < 1.29 is 9.90 Å². The molecule has 2 atom stereocenters. The summed E-state index contributed by atoms with van der Waals surface area (Å²) in [5.41, 5.74) is -0.400. The lowest BCUT2D eigenvalue weighted by molar-refractivity contribution is -0.127. The lowest BCUT2D eigenvalue weighted by Gasteiger charge is -2.33. The van der Waals surface area contributed by atoms with Crippen LogP contribution in [-0.2, 0) is 4.79 Å². The highest BCUT2D eigenvalue weighted by Gasteiger charge is 2.37. The molecule has 0 aromatic heterocycles. The van der Waals surface area contributed by atoms with E-state index in [0.717, 1.165) is 19.4 Å². The van der Waals surface area contributed by atoms with E-state index >= 15 is 0 Å². The zero-order chi connectivity index (χ0) is 13.7. The number of aliphatic hydroxyl groups excluding tert-OH is 1. The number of hydrogen-bond donors (Lipinski definition) is 3. The molecule has 1 amide bonds. The Morgan fingerprint density at radius 1 is 1.37 bits per heavy atom. The largest absolute Gasteiger partial charge is 0.396 e. The van der Waals surface area contributed by atoms with Crippen molar-refractivity contribution in [2.24, 2.45) is 5.92 Å². The summed E-state index contributed by atoms with van der Waals surface area (Å²) in [6, 6.07) is 0.150. The standard InChI is InChI=1S/C15H28N2O2/c1-15(9-5-10-16-15)14(19)17-13(8-11-18)12-6-3-2-4-7-12/h12-13,16,18H,2-11H2,1H3,(H,17,19). The molecule has 1 saturated heterocycles. The first-order chi connectivity index (χ1) is 9.15. The van der Waals surface area contributed by atoms with Crippen molar-refractivity contribution in [3.8, 4) is 0 Å². The van der Waals surface area contributed by atoms with Crippen LogP contribution in [0.3, 0.4) is 0 Å². The van der Waals surface area contributed by atoms with Gasteiger partial charge in [0.15, 0.2) is 0 Å². The van der Waals surface area contributed by atoms with Gasteiger partial charge >= 0.3 is 0 Å². The van der Waals surface area contributed by atoms with E-state index in [0.29, 0.717) is 12.3 Å². The Labute approximate surface area is 116 Å². The summed E-state index contributed by atoms with van der Waals surface area (Å²) in [4.78, 5) is 12.4. The van der Waals surface area contributed by atoms with Gasteiger partial charge in [-0.05, 0) is 51.5 Å². The van der Waals surface area contributed by atoms with E-state index in [4.69, 9.17) is 0 Å². The predicted molar refractivity (Wildman–Crippen MR) is 75.9 cm³/mol. The summed E-state index contributed by atoms with van der Waals surface area (Å²) in [6.07, 6.45) is 8.88. The molecule has 2 unspecified atom stereocenters.